The highest BCUT2D eigenvalue weighted by atomic mass is 32.3. The highest BCUT2D eigenvalue weighted by molar-refractivity contribution is 7.80. The van der Waals surface area contributed by atoms with Crippen molar-refractivity contribution in [3.05, 3.63) is 24.3 Å². The molecule has 0 amide bonds. The average molecular weight is 821 g/mol. The van der Waals surface area contributed by atoms with E-state index in [4.69, 9.17) is 23.5 Å². The lowest BCUT2D eigenvalue weighted by Crippen LogP contribution is -2.60. The molecule has 6 atom stereocenters. The number of allylic oxidation sites excluding steroid dienone is 4. The molecule has 0 aliphatic carbocycles. The molecule has 0 aromatic carbocycles. The van der Waals surface area contributed by atoms with Gasteiger partial charge in [-0.25, -0.2) is 4.18 Å². The maximum absolute atomic E-state index is 12.8. The largest absolute Gasteiger partial charge is 0.457 e. The molecule has 1 aliphatic heterocycles. The number of rotatable bonds is 38. The summed E-state index contributed by atoms with van der Waals surface area (Å²) in [7, 11) is -5.06. The Morgan fingerprint density at radius 2 is 1.18 bits per heavy atom. The lowest BCUT2D eigenvalue weighted by atomic mass is 9.99. The molecule has 1 fully saturated rings. The predicted octanol–water partition coefficient (Wildman–Crippen LogP) is 8.85. The van der Waals surface area contributed by atoms with Gasteiger partial charge in [-0.3, -0.25) is 9.35 Å². The van der Waals surface area contributed by atoms with E-state index >= 15 is 0 Å². The number of aliphatic hydroxyl groups excluding tert-OH is 3. The molecule has 0 aromatic rings. The fourth-order valence-corrected chi connectivity index (χ4v) is 7.21. The van der Waals surface area contributed by atoms with Gasteiger partial charge in [-0.1, -0.05) is 154 Å². The van der Waals surface area contributed by atoms with E-state index in [0.29, 0.717) is 13.0 Å². The van der Waals surface area contributed by atoms with Crippen LogP contribution < -0.4 is 0 Å². The number of aliphatic hydroxyl groups is 3. The van der Waals surface area contributed by atoms with E-state index < -0.39 is 59.8 Å². The van der Waals surface area contributed by atoms with E-state index in [0.717, 1.165) is 57.8 Å². The molecule has 0 spiro atoms. The Balaban J connectivity index is 2.46. The van der Waals surface area contributed by atoms with Crippen LogP contribution in [0.2, 0.25) is 0 Å². The quantitative estimate of drug-likeness (QED) is 0.0202. The molecule has 0 aromatic heterocycles. The van der Waals surface area contributed by atoms with Gasteiger partial charge in [0.2, 0.25) is 0 Å². The average Bonchev–Trinajstić information content (AvgIpc) is 3.17. The van der Waals surface area contributed by atoms with Gasteiger partial charge in [0.15, 0.2) is 6.29 Å². The molecule has 56 heavy (non-hydrogen) atoms. The summed E-state index contributed by atoms with van der Waals surface area (Å²) in [4.78, 5) is 12.8. The first kappa shape index (κ1) is 52.6. The first-order valence-electron chi connectivity index (χ1n) is 22.1. The van der Waals surface area contributed by atoms with Gasteiger partial charge in [0, 0.05) is 13.0 Å². The Morgan fingerprint density at radius 3 is 1.71 bits per heavy atom. The van der Waals surface area contributed by atoms with E-state index in [1.807, 2.05) is 0 Å². The molecule has 4 N–H and O–H groups in total. The zero-order valence-electron chi connectivity index (χ0n) is 34.9. The summed E-state index contributed by atoms with van der Waals surface area (Å²) in [5, 5.41) is 30.6. The fourth-order valence-electron chi connectivity index (χ4n) is 6.70. The minimum Gasteiger partial charge on any atom is -0.457 e. The molecule has 1 aliphatic rings. The second-order valence-corrected chi connectivity index (χ2v) is 16.3. The van der Waals surface area contributed by atoms with Crippen LogP contribution in [0, 0.1) is 0 Å². The maximum Gasteiger partial charge on any atom is 0.397 e. The molecular weight excluding hydrogens is 741 g/mol. The molecular formula is C43H80O12S. The van der Waals surface area contributed by atoms with Gasteiger partial charge in [0.1, 0.15) is 30.5 Å². The zero-order chi connectivity index (χ0) is 41.1. The van der Waals surface area contributed by atoms with Crippen LogP contribution in [0.5, 0.6) is 0 Å². The fraction of sp³-hybridized carbons (Fsp3) is 0.884. The highest BCUT2D eigenvalue weighted by Crippen LogP contribution is 2.26. The highest BCUT2D eigenvalue weighted by Gasteiger charge is 2.48. The monoisotopic (exact) mass is 821 g/mol. The normalized spacial score (nSPS) is 21.0. The number of carbonyl (C=O) groups excluding carboxylic acids is 1. The van der Waals surface area contributed by atoms with Crippen LogP contribution in [0.3, 0.4) is 0 Å². The van der Waals surface area contributed by atoms with E-state index in [1.54, 1.807) is 0 Å². The molecule has 1 heterocycles. The maximum atomic E-state index is 12.8. The van der Waals surface area contributed by atoms with Crippen LogP contribution in [-0.4, -0.2) is 97.5 Å². The minimum atomic E-state index is -5.06. The predicted molar refractivity (Wildman–Crippen MR) is 221 cm³/mol. The van der Waals surface area contributed by atoms with Gasteiger partial charge in [0.05, 0.1) is 19.8 Å². The van der Waals surface area contributed by atoms with Gasteiger partial charge in [-0.05, 0) is 44.9 Å². The summed E-state index contributed by atoms with van der Waals surface area (Å²) in [5.41, 5.74) is 0. The van der Waals surface area contributed by atoms with Crippen molar-refractivity contribution in [2.24, 2.45) is 0 Å². The van der Waals surface area contributed by atoms with Crippen LogP contribution in [0.1, 0.15) is 181 Å². The van der Waals surface area contributed by atoms with Gasteiger partial charge < -0.3 is 34.3 Å². The lowest BCUT2D eigenvalue weighted by molar-refractivity contribution is -0.301. The van der Waals surface area contributed by atoms with Crippen LogP contribution >= 0.6 is 0 Å². The molecule has 330 valence electrons. The Morgan fingerprint density at radius 1 is 0.679 bits per heavy atom. The third-order valence-electron chi connectivity index (χ3n) is 10.1. The van der Waals surface area contributed by atoms with Crippen molar-refractivity contribution in [1.29, 1.82) is 0 Å². The Labute approximate surface area is 340 Å². The van der Waals surface area contributed by atoms with Crippen molar-refractivity contribution < 1.29 is 56.2 Å². The van der Waals surface area contributed by atoms with Gasteiger partial charge >= 0.3 is 16.4 Å². The Hall–Kier alpha value is -1.42. The second kappa shape index (κ2) is 35.5. The van der Waals surface area contributed by atoms with Crippen LogP contribution in [0.4, 0.5) is 0 Å². The van der Waals surface area contributed by atoms with E-state index in [9.17, 15) is 28.5 Å². The third-order valence-corrected chi connectivity index (χ3v) is 10.5. The Bertz CT molecular complexity index is 1080. The van der Waals surface area contributed by atoms with Gasteiger partial charge in [0.25, 0.3) is 0 Å². The molecule has 12 nitrogen and oxygen atoms in total. The molecule has 1 saturated heterocycles. The molecule has 13 heteroatoms. The summed E-state index contributed by atoms with van der Waals surface area (Å²) in [5.74, 6) is -0.411. The van der Waals surface area contributed by atoms with Crippen molar-refractivity contribution in [3.8, 4) is 0 Å². The second-order valence-electron chi connectivity index (χ2n) is 15.3. The topological polar surface area (TPSA) is 178 Å². The molecule has 0 saturated carbocycles. The van der Waals surface area contributed by atoms with Gasteiger partial charge in [-0.15, -0.1) is 0 Å². The minimum absolute atomic E-state index is 0.0338. The summed E-state index contributed by atoms with van der Waals surface area (Å²) in [6, 6.07) is 0. The van der Waals surface area contributed by atoms with Crippen LogP contribution in [0.15, 0.2) is 24.3 Å². The van der Waals surface area contributed by atoms with E-state index in [1.165, 1.54) is 96.3 Å². The molecule has 6 unspecified atom stereocenters. The van der Waals surface area contributed by atoms with Crippen molar-refractivity contribution in [2.75, 3.05) is 26.4 Å². The van der Waals surface area contributed by atoms with Crippen molar-refractivity contribution in [2.45, 2.75) is 218 Å². The zero-order valence-corrected chi connectivity index (χ0v) is 35.8. The molecule has 1 rings (SSSR count). The molecule has 0 bridgehead atoms. The SMILES string of the molecule is CCCCCC/C=C\C/C=C\CCCCCCCC(=O)OC(COCCCCCCCCCCCCCCC)COC1OC(CO)C(O)C(OS(=O)(=O)O)C1O. The smallest absolute Gasteiger partial charge is 0.397 e. The first-order chi connectivity index (χ1) is 27.1. The van der Waals surface area contributed by atoms with Crippen LogP contribution in [0.25, 0.3) is 0 Å². The summed E-state index contributed by atoms with van der Waals surface area (Å²) in [6.45, 7) is 3.96. The summed E-state index contributed by atoms with van der Waals surface area (Å²) in [6.07, 6.45) is 29.2. The van der Waals surface area contributed by atoms with Crippen LogP contribution in [-0.2, 0) is 38.3 Å². The number of hydrogen-bond donors (Lipinski definition) is 4. The number of ether oxygens (including phenoxy) is 4. The number of carbonyl (C=O) groups is 1. The first-order valence-corrected chi connectivity index (χ1v) is 23.5. The van der Waals surface area contributed by atoms with Crippen molar-refractivity contribution in [1.82, 2.24) is 0 Å². The summed E-state index contributed by atoms with van der Waals surface area (Å²) >= 11 is 0. The van der Waals surface area contributed by atoms with Crippen molar-refractivity contribution >= 4 is 16.4 Å². The van der Waals surface area contributed by atoms with Gasteiger partial charge in [-0.2, -0.15) is 8.42 Å². The van der Waals surface area contributed by atoms with Crippen molar-refractivity contribution in [3.63, 3.8) is 0 Å². The number of esters is 1. The Kier molecular flexibility index (Phi) is 33.4. The third kappa shape index (κ3) is 28.9. The summed E-state index contributed by atoms with van der Waals surface area (Å²) < 4.78 is 59.0. The van der Waals surface area contributed by atoms with E-state index in [2.05, 4.69) is 42.3 Å². The standard InChI is InChI=1S/C43H80O12S/c1-3-5-7-9-11-13-15-17-18-19-20-22-24-26-28-30-32-39(45)53-37(35-51-33-31-29-27-25-23-21-16-14-12-10-8-6-4-2)36-52-43-41(47)42(55-56(48,49)50)40(46)38(34-44)54-43/h13,15,18-19,37-38,40-44,46-47H,3-12,14,16-17,20-36H2,1-2H3,(H,48,49,50)/b15-13-,19-18-. The number of unbranched alkanes of at least 4 members (excludes halogenated alkanes) is 21. The molecule has 0 radical (unpaired) electrons. The lowest BCUT2D eigenvalue weighted by Gasteiger charge is -2.41. The number of hydrogen-bond acceptors (Lipinski definition) is 11. The van der Waals surface area contributed by atoms with E-state index in [-0.39, 0.29) is 19.6 Å².